The van der Waals surface area contributed by atoms with Crippen molar-refractivity contribution in [2.45, 2.75) is 25.7 Å². The van der Waals surface area contributed by atoms with Crippen LogP contribution in [0.5, 0.6) is 0 Å². The zero-order chi connectivity index (χ0) is 20.8. The number of fused-ring (bicyclic) bond motifs is 1. The summed E-state index contributed by atoms with van der Waals surface area (Å²) < 4.78 is 0. The van der Waals surface area contributed by atoms with Gasteiger partial charge < -0.3 is 10.2 Å². The predicted octanol–water partition coefficient (Wildman–Crippen LogP) is 2.53. The number of nitrogens with zero attached hydrogens (tertiary/aromatic N) is 2. The number of carbonyl (C=O) groups is 1. The summed E-state index contributed by atoms with van der Waals surface area (Å²) >= 11 is 0. The van der Waals surface area contributed by atoms with Gasteiger partial charge in [-0.1, -0.05) is 47.9 Å². The van der Waals surface area contributed by atoms with Gasteiger partial charge in [0.15, 0.2) is 0 Å². The lowest BCUT2D eigenvalue weighted by molar-refractivity contribution is -0.117. The van der Waals surface area contributed by atoms with Crippen LogP contribution in [0.25, 0.3) is 6.08 Å². The van der Waals surface area contributed by atoms with Gasteiger partial charge in [0.2, 0.25) is 5.91 Å². The highest BCUT2D eigenvalue weighted by atomic mass is 16.1. The lowest BCUT2D eigenvalue weighted by Crippen LogP contribution is -2.47. The Morgan fingerprint density at radius 3 is 2.53 bits per heavy atom. The topological polar surface area (TPSA) is 35.6 Å². The molecule has 1 saturated heterocycles. The molecule has 30 heavy (non-hydrogen) atoms. The van der Waals surface area contributed by atoms with Crippen LogP contribution in [0.3, 0.4) is 0 Å². The Morgan fingerprint density at radius 2 is 1.70 bits per heavy atom. The quantitative estimate of drug-likeness (QED) is 0.574. The van der Waals surface area contributed by atoms with Crippen LogP contribution in [0.4, 0.5) is 5.69 Å². The number of nitrogens with one attached hydrogen (secondary N) is 1. The molecule has 1 fully saturated rings. The number of anilines is 1. The molecule has 1 aliphatic heterocycles. The second-order valence-electron chi connectivity index (χ2n) is 8.22. The van der Waals surface area contributed by atoms with Gasteiger partial charge >= 0.3 is 0 Å². The monoisotopic (exact) mass is 399 g/mol. The minimum Gasteiger partial charge on any atom is -0.369 e. The van der Waals surface area contributed by atoms with Crippen molar-refractivity contribution in [1.29, 1.82) is 0 Å². The fraction of sp³-hybridized carbons (Fsp3) is 0.400. The molecule has 2 aliphatic rings. The van der Waals surface area contributed by atoms with Crippen LogP contribution in [-0.2, 0) is 11.2 Å². The number of para-hydroxylation sites is 1. The van der Waals surface area contributed by atoms with Gasteiger partial charge in [0.05, 0.1) is 0 Å². The van der Waals surface area contributed by atoms with E-state index in [9.17, 15) is 4.79 Å². The summed E-state index contributed by atoms with van der Waals surface area (Å²) in [6.07, 6.45) is 5.96. The Morgan fingerprint density at radius 1 is 0.933 bits per heavy atom. The van der Waals surface area contributed by atoms with Crippen molar-refractivity contribution in [1.82, 2.24) is 10.2 Å². The smallest absolute Gasteiger partial charge is 0.247 e. The number of aryl methyl sites for hydroxylation is 1. The fourth-order valence-electron chi connectivity index (χ4n) is 4.37. The summed E-state index contributed by atoms with van der Waals surface area (Å²) in [5.74, 6) is 0.0959. The van der Waals surface area contributed by atoms with Crippen molar-refractivity contribution in [2.75, 3.05) is 44.2 Å². The molecule has 0 atom stereocenters. The van der Waals surface area contributed by atoms with E-state index in [2.05, 4.69) is 45.4 Å². The van der Waals surface area contributed by atoms with Crippen LogP contribution in [0.2, 0.25) is 0 Å². The lowest BCUT2D eigenvalue weighted by atomic mass is 9.92. The predicted molar refractivity (Wildman–Crippen MR) is 125 cm³/mol. The standard InChI is InChI=1S/C25H30BN3O/c26-23-9-3-4-10-24(23)29-17-15-28(16-18-29)14-6-5-13-27-25(30)22-12-11-20-7-1-2-8-21(20)19-22/h1-4,7-10,19H,5-6,11-18H2,(H,27,30). The van der Waals surface area contributed by atoms with Gasteiger partial charge in [-0.3, -0.25) is 9.69 Å². The van der Waals surface area contributed by atoms with E-state index in [1.165, 1.54) is 11.1 Å². The molecule has 4 rings (SSSR count). The third kappa shape index (κ3) is 5.14. The zero-order valence-corrected chi connectivity index (χ0v) is 17.6. The minimum absolute atomic E-state index is 0.0959. The first-order chi connectivity index (χ1) is 14.7. The molecule has 1 N–H and O–H groups in total. The highest BCUT2D eigenvalue weighted by molar-refractivity contribution is 6.35. The average molecular weight is 399 g/mol. The highest BCUT2D eigenvalue weighted by Gasteiger charge is 2.18. The molecule has 2 aromatic rings. The highest BCUT2D eigenvalue weighted by Crippen LogP contribution is 2.23. The maximum Gasteiger partial charge on any atom is 0.247 e. The maximum atomic E-state index is 12.5. The van der Waals surface area contributed by atoms with E-state index in [4.69, 9.17) is 7.85 Å². The Balaban J connectivity index is 1.13. The molecular formula is C25H30BN3O. The van der Waals surface area contributed by atoms with E-state index in [0.29, 0.717) is 0 Å². The van der Waals surface area contributed by atoms with Crippen LogP contribution in [0.1, 0.15) is 30.4 Å². The van der Waals surface area contributed by atoms with E-state index in [1.807, 2.05) is 24.3 Å². The molecule has 0 bridgehead atoms. The van der Waals surface area contributed by atoms with Crippen LogP contribution >= 0.6 is 0 Å². The van der Waals surface area contributed by atoms with Crippen LogP contribution < -0.4 is 15.7 Å². The van der Waals surface area contributed by atoms with Gasteiger partial charge in [-0.05, 0) is 55.5 Å². The Hall–Kier alpha value is -2.53. The van der Waals surface area contributed by atoms with Crippen molar-refractivity contribution < 1.29 is 4.79 Å². The number of amides is 1. The van der Waals surface area contributed by atoms with Crippen LogP contribution in [0.15, 0.2) is 54.1 Å². The van der Waals surface area contributed by atoms with Gasteiger partial charge in [-0.15, -0.1) is 0 Å². The van der Waals surface area contributed by atoms with Crippen LogP contribution in [0, 0.1) is 0 Å². The Labute approximate surface area is 181 Å². The molecule has 0 spiro atoms. The Bertz CT molecular complexity index is 903. The van der Waals surface area contributed by atoms with E-state index in [-0.39, 0.29) is 5.91 Å². The van der Waals surface area contributed by atoms with Crippen molar-refractivity contribution in [3.63, 3.8) is 0 Å². The molecule has 1 heterocycles. The molecular weight excluding hydrogens is 369 g/mol. The number of hydrogen-bond donors (Lipinski definition) is 1. The fourth-order valence-corrected chi connectivity index (χ4v) is 4.37. The van der Waals surface area contributed by atoms with Crippen LogP contribution in [-0.4, -0.2) is 57.9 Å². The van der Waals surface area contributed by atoms with E-state index < -0.39 is 0 Å². The SMILES string of the molecule is [B]c1ccccc1N1CCN(CCCCNC(=O)C2=Cc3ccccc3CC2)CC1. The van der Waals surface area contributed by atoms with Gasteiger partial charge in [-0.2, -0.15) is 0 Å². The van der Waals surface area contributed by atoms with Gasteiger partial charge in [0.1, 0.15) is 7.85 Å². The molecule has 5 heteroatoms. The summed E-state index contributed by atoms with van der Waals surface area (Å²) in [6, 6.07) is 16.4. The molecule has 154 valence electrons. The molecule has 1 amide bonds. The number of piperazine rings is 1. The lowest BCUT2D eigenvalue weighted by Gasteiger charge is -2.37. The second-order valence-corrected chi connectivity index (χ2v) is 8.22. The largest absolute Gasteiger partial charge is 0.369 e. The zero-order valence-electron chi connectivity index (χ0n) is 17.6. The molecule has 1 aliphatic carbocycles. The first-order valence-corrected chi connectivity index (χ1v) is 11.1. The molecule has 2 radical (unpaired) electrons. The second kappa shape index (κ2) is 9.99. The summed E-state index contributed by atoms with van der Waals surface area (Å²) in [5.41, 5.74) is 5.44. The third-order valence-electron chi connectivity index (χ3n) is 6.18. The number of carbonyl (C=O) groups excluding carboxylic acids is 1. The van der Waals surface area contributed by atoms with Gasteiger partial charge in [0.25, 0.3) is 0 Å². The van der Waals surface area contributed by atoms with E-state index >= 15 is 0 Å². The van der Waals surface area contributed by atoms with E-state index in [1.54, 1.807) is 0 Å². The average Bonchev–Trinajstić information content (AvgIpc) is 2.79. The number of benzene rings is 2. The number of rotatable bonds is 7. The van der Waals surface area contributed by atoms with Gasteiger partial charge in [-0.25, -0.2) is 0 Å². The third-order valence-corrected chi connectivity index (χ3v) is 6.18. The maximum absolute atomic E-state index is 12.5. The summed E-state index contributed by atoms with van der Waals surface area (Å²) in [7, 11) is 6.11. The summed E-state index contributed by atoms with van der Waals surface area (Å²) in [5, 5.41) is 3.11. The van der Waals surface area contributed by atoms with E-state index in [0.717, 1.165) is 81.7 Å². The molecule has 0 unspecified atom stereocenters. The summed E-state index contributed by atoms with van der Waals surface area (Å²) in [6.45, 7) is 5.99. The minimum atomic E-state index is 0.0959. The Kier molecular flexibility index (Phi) is 6.90. The van der Waals surface area contributed by atoms with Crippen molar-refractivity contribution >= 4 is 31.0 Å². The van der Waals surface area contributed by atoms with Crippen molar-refractivity contribution in [2.24, 2.45) is 0 Å². The van der Waals surface area contributed by atoms with Crippen molar-refractivity contribution in [3.8, 4) is 0 Å². The normalized spacial score (nSPS) is 16.7. The van der Waals surface area contributed by atoms with Crippen molar-refractivity contribution in [3.05, 3.63) is 65.2 Å². The number of unbranched alkanes of at least 4 members (excludes halogenated alkanes) is 1. The summed E-state index contributed by atoms with van der Waals surface area (Å²) in [4.78, 5) is 17.4. The number of hydrogen-bond acceptors (Lipinski definition) is 3. The molecule has 0 saturated carbocycles. The molecule has 2 aromatic carbocycles. The van der Waals surface area contributed by atoms with Gasteiger partial charge in [0, 0.05) is 44.0 Å². The first-order valence-electron chi connectivity index (χ1n) is 11.1. The first kappa shape index (κ1) is 20.7. The molecule has 0 aromatic heterocycles. The molecule has 4 nitrogen and oxygen atoms in total.